The molecular weight excluding hydrogens is 226 g/mol. The monoisotopic (exact) mass is 241 g/mol. The smallest absolute Gasteiger partial charge is 0.303 e. The zero-order valence-electron chi connectivity index (χ0n) is 9.97. The third-order valence-corrected chi connectivity index (χ3v) is 2.86. The van der Waals surface area contributed by atoms with E-state index in [-0.39, 0.29) is 6.42 Å². The minimum atomic E-state index is -0.804. The lowest BCUT2D eigenvalue weighted by atomic mass is 10.0. The summed E-state index contributed by atoms with van der Waals surface area (Å²) in [6.07, 6.45) is 0.575. The highest BCUT2D eigenvalue weighted by molar-refractivity contribution is 5.70. The Morgan fingerprint density at radius 3 is 2.39 bits per heavy atom. The van der Waals surface area contributed by atoms with Crippen LogP contribution >= 0.6 is 0 Å². The normalized spacial score (nSPS) is 10.2. The van der Waals surface area contributed by atoms with Crippen molar-refractivity contribution >= 4 is 11.7 Å². The molecule has 92 valence electrons. The van der Waals surface area contributed by atoms with E-state index >= 15 is 0 Å². The molecular formula is C15H15NO2. The Morgan fingerprint density at radius 1 is 1.06 bits per heavy atom. The van der Waals surface area contributed by atoms with Gasteiger partial charge in [-0.05, 0) is 29.2 Å². The maximum atomic E-state index is 10.5. The van der Waals surface area contributed by atoms with Gasteiger partial charge in [0.1, 0.15) is 0 Å². The summed E-state index contributed by atoms with van der Waals surface area (Å²) in [6, 6.07) is 15.7. The Balaban J connectivity index is 2.22. The number of rotatable bonds is 4. The Hall–Kier alpha value is -2.29. The Kier molecular flexibility index (Phi) is 3.63. The van der Waals surface area contributed by atoms with Crippen molar-refractivity contribution in [3.05, 3.63) is 54.1 Å². The largest absolute Gasteiger partial charge is 0.481 e. The van der Waals surface area contributed by atoms with E-state index in [0.29, 0.717) is 12.1 Å². The number of hydrogen-bond donors (Lipinski definition) is 2. The maximum absolute atomic E-state index is 10.5. The van der Waals surface area contributed by atoms with Gasteiger partial charge in [-0.2, -0.15) is 0 Å². The lowest BCUT2D eigenvalue weighted by Crippen LogP contribution is -2.00. The molecule has 0 bridgehead atoms. The highest BCUT2D eigenvalue weighted by Gasteiger charge is 2.05. The third kappa shape index (κ3) is 2.88. The number of carboxylic acids is 1. The van der Waals surface area contributed by atoms with Crippen LogP contribution in [0, 0.1) is 0 Å². The second kappa shape index (κ2) is 5.36. The number of carbonyl (C=O) groups is 1. The summed E-state index contributed by atoms with van der Waals surface area (Å²) in [5, 5.41) is 8.66. The average Bonchev–Trinajstić information content (AvgIpc) is 2.38. The fourth-order valence-electron chi connectivity index (χ4n) is 1.87. The molecule has 18 heavy (non-hydrogen) atoms. The molecule has 0 saturated heterocycles. The SMILES string of the molecule is Nc1cc(-c2ccccc2)ccc1CCC(=O)O. The van der Waals surface area contributed by atoms with Gasteiger partial charge in [-0.15, -0.1) is 0 Å². The lowest BCUT2D eigenvalue weighted by Gasteiger charge is -2.07. The summed E-state index contributed by atoms with van der Waals surface area (Å²) in [5.74, 6) is -0.804. The molecule has 0 spiro atoms. The number of aryl methyl sites for hydroxylation is 1. The standard InChI is InChI=1S/C15H15NO2/c16-14-10-13(11-4-2-1-3-5-11)7-6-12(14)8-9-15(17)18/h1-7,10H,8-9,16H2,(H,17,18). The molecule has 2 aromatic rings. The second-order valence-corrected chi connectivity index (χ2v) is 4.17. The molecule has 3 N–H and O–H groups in total. The number of nitrogen functional groups attached to an aromatic ring is 1. The maximum Gasteiger partial charge on any atom is 0.303 e. The molecule has 3 heteroatoms. The molecule has 0 amide bonds. The molecule has 0 radical (unpaired) electrons. The summed E-state index contributed by atoms with van der Waals surface area (Å²) in [5.41, 5.74) is 9.64. The second-order valence-electron chi connectivity index (χ2n) is 4.17. The van der Waals surface area contributed by atoms with Crippen LogP contribution in [0.5, 0.6) is 0 Å². The van der Waals surface area contributed by atoms with Crippen molar-refractivity contribution in [2.75, 3.05) is 5.73 Å². The van der Waals surface area contributed by atoms with E-state index in [1.165, 1.54) is 0 Å². The van der Waals surface area contributed by atoms with Crippen LogP contribution in [0.25, 0.3) is 11.1 Å². The van der Waals surface area contributed by atoms with Crippen LogP contribution in [0.1, 0.15) is 12.0 Å². The van der Waals surface area contributed by atoms with Gasteiger partial charge in [-0.25, -0.2) is 0 Å². The van der Waals surface area contributed by atoms with Crippen LogP contribution < -0.4 is 5.73 Å². The number of benzene rings is 2. The lowest BCUT2D eigenvalue weighted by molar-refractivity contribution is -0.136. The first-order valence-corrected chi connectivity index (χ1v) is 5.82. The molecule has 0 unspecified atom stereocenters. The predicted molar refractivity (Wildman–Crippen MR) is 72.2 cm³/mol. The van der Waals surface area contributed by atoms with Gasteiger partial charge in [0.2, 0.25) is 0 Å². The van der Waals surface area contributed by atoms with E-state index in [4.69, 9.17) is 10.8 Å². The van der Waals surface area contributed by atoms with Crippen molar-refractivity contribution in [2.45, 2.75) is 12.8 Å². The van der Waals surface area contributed by atoms with Gasteiger partial charge >= 0.3 is 5.97 Å². The molecule has 0 aliphatic heterocycles. The fourth-order valence-corrected chi connectivity index (χ4v) is 1.87. The van der Waals surface area contributed by atoms with Crippen LogP contribution in [0.4, 0.5) is 5.69 Å². The van der Waals surface area contributed by atoms with E-state index in [0.717, 1.165) is 16.7 Å². The number of carboxylic acid groups (broad SMARTS) is 1. The summed E-state index contributed by atoms with van der Waals surface area (Å²) < 4.78 is 0. The molecule has 0 aromatic heterocycles. The molecule has 0 aliphatic rings. The van der Waals surface area contributed by atoms with Gasteiger partial charge in [0.25, 0.3) is 0 Å². The minimum absolute atomic E-state index is 0.106. The zero-order valence-corrected chi connectivity index (χ0v) is 9.97. The van der Waals surface area contributed by atoms with Crippen molar-refractivity contribution in [3.8, 4) is 11.1 Å². The van der Waals surface area contributed by atoms with E-state index < -0.39 is 5.97 Å². The number of hydrogen-bond acceptors (Lipinski definition) is 2. The first-order chi connectivity index (χ1) is 8.66. The topological polar surface area (TPSA) is 63.3 Å². The fraction of sp³-hybridized carbons (Fsp3) is 0.133. The highest BCUT2D eigenvalue weighted by atomic mass is 16.4. The summed E-state index contributed by atoms with van der Waals surface area (Å²) in [7, 11) is 0. The van der Waals surface area contributed by atoms with Crippen molar-refractivity contribution in [1.29, 1.82) is 0 Å². The molecule has 0 fully saturated rings. The summed E-state index contributed by atoms with van der Waals surface area (Å²) in [6.45, 7) is 0. The van der Waals surface area contributed by atoms with E-state index in [9.17, 15) is 4.79 Å². The van der Waals surface area contributed by atoms with Crippen LogP contribution in [0.2, 0.25) is 0 Å². The van der Waals surface area contributed by atoms with Gasteiger partial charge in [-0.1, -0.05) is 42.5 Å². The number of nitrogens with two attached hydrogens (primary N) is 1. The van der Waals surface area contributed by atoms with Crippen LogP contribution in [-0.2, 0) is 11.2 Å². The van der Waals surface area contributed by atoms with Crippen LogP contribution in [-0.4, -0.2) is 11.1 Å². The third-order valence-electron chi connectivity index (χ3n) is 2.86. The Morgan fingerprint density at radius 2 is 1.78 bits per heavy atom. The van der Waals surface area contributed by atoms with Crippen molar-refractivity contribution in [2.24, 2.45) is 0 Å². The van der Waals surface area contributed by atoms with Gasteiger partial charge in [0.15, 0.2) is 0 Å². The molecule has 2 rings (SSSR count). The van der Waals surface area contributed by atoms with Crippen LogP contribution in [0.3, 0.4) is 0 Å². The molecule has 0 aliphatic carbocycles. The van der Waals surface area contributed by atoms with E-state index in [1.807, 2.05) is 48.5 Å². The number of aliphatic carboxylic acids is 1. The first kappa shape index (κ1) is 12.2. The number of anilines is 1. The predicted octanol–water partition coefficient (Wildman–Crippen LogP) is 2.95. The van der Waals surface area contributed by atoms with Crippen molar-refractivity contribution in [1.82, 2.24) is 0 Å². The zero-order chi connectivity index (χ0) is 13.0. The van der Waals surface area contributed by atoms with Crippen molar-refractivity contribution in [3.63, 3.8) is 0 Å². The molecule has 0 saturated carbocycles. The summed E-state index contributed by atoms with van der Waals surface area (Å²) in [4.78, 5) is 10.5. The average molecular weight is 241 g/mol. The summed E-state index contributed by atoms with van der Waals surface area (Å²) >= 11 is 0. The minimum Gasteiger partial charge on any atom is -0.481 e. The molecule has 3 nitrogen and oxygen atoms in total. The van der Waals surface area contributed by atoms with Gasteiger partial charge < -0.3 is 10.8 Å². The van der Waals surface area contributed by atoms with Gasteiger partial charge in [-0.3, -0.25) is 4.79 Å². The molecule has 0 heterocycles. The quantitative estimate of drug-likeness (QED) is 0.809. The van der Waals surface area contributed by atoms with Crippen molar-refractivity contribution < 1.29 is 9.90 Å². The molecule has 0 atom stereocenters. The Labute approximate surface area is 106 Å². The molecule has 2 aromatic carbocycles. The van der Waals surface area contributed by atoms with Gasteiger partial charge in [0, 0.05) is 12.1 Å². The first-order valence-electron chi connectivity index (χ1n) is 5.82. The van der Waals surface area contributed by atoms with E-state index in [2.05, 4.69) is 0 Å². The highest BCUT2D eigenvalue weighted by Crippen LogP contribution is 2.24. The van der Waals surface area contributed by atoms with Gasteiger partial charge in [0.05, 0.1) is 0 Å². The van der Waals surface area contributed by atoms with Crippen LogP contribution in [0.15, 0.2) is 48.5 Å². The Bertz CT molecular complexity index is 550. The van der Waals surface area contributed by atoms with E-state index in [1.54, 1.807) is 0 Å².